The van der Waals surface area contributed by atoms with Gasteiger partial charge in [-0.25, -0.2) is 4.99 Å². The number of nitrogens with one attached hydrogen (secondary N) is 2. The lowest BCUT2D eigenvalue weighted by Crippen LogP contribution is -2.39. The molecule has 1 atom stereocenters. The first-order chi connectivity index (χ1) is 12.6. The normalized spacial score (nSPS) is 18.4. The van der Waals surface area contributed by atoms with Gasteiger partial charge in [0.15, 0.2) is 11.7 Å². The molecule has 1 aromatic rings. The van der Waals surface area contributed by atoms with Gasteiger partial charge in [-0.05, 0) is 58.5 Å². The first kappa shape index (κ1) is 24.2. The summed E-state index contributed by atoms with van der Waals surface area (Å²) in [5.74, 6) is 2.04. The highest BCUT2D eigenvalue weighted by molar-refractivity contribution is 14.0. The minimum absolute atomic E-state index is 0. The Kier molecular flexibility index (Phi) is 12.0. The molecule has 1 fully saturated rings. The molecule has 1 aliphatic rings. The average Bonchev–Trinajstić information content (AvgIpc) is 3.10. The minimum Gasteiger partial charge on any atom is -0.359 e. The monoisotopic (exact) mass is 491 g/mol. The molecule has 1 aliphatic heterocycles. The van der Waals surface area contributed by atoms with Crippen molar-refractivity contribution in [1.29, 1.82) is 0 Å². The predicted molar refractivity (Wildman–Crippen MR) is 123 cm³/mol. The molecule has 27 heavy (non-hydrogen) atoms. The molecule has 7 heteroatoms. The van der Waals surface area contributed by atoms with Crippen LogP contribution in [-0.2, 0) is 6.54 Å². The van der Waals surface area contributed by atoms with Crippen LogP contribution in [0.2, 0.25) is 0 Å². The van der Waals surface area contributed by atoms with E-state index >= 15 is 0 Å². The number of unbranched alkanes of at least 4 members (excludes halogenated alkanes) is 1. The van der Waals surface area contributed by atoms with Crippen LogP contribution in [0.15, 0.2) is 15.6 Å². The van der Waals surface area contributed by atoms with E-state index in [1.54, 1.807) is 0 Å². The standard InChI is InChI=1S/C20H37N5O.HI/c1-5-21-20(23-15-18-14-19(16(2)3)24-26-18)22-11-7-9-13-25-12-8-6-10-17(25)4;/h14,16-17H,5-13,15H2,1-4H3,(H2,21,22,23);1H. The number of halogens is 1. The summed E-state index contributed by atoms with van der Waals surface area (Å²) in [5.41, 5.74) is 0.986. The summed E-state index contributed by atoms with van der Waals surface area (Å²) in [4.78, 5) is 7.24. The van der Waals surface area contributed by atoms with Crippen molar-refractivity contribution >= 4 is 29.9 Å². The van der Waals surface area contributed by atoms with Gasteiger partial charge in [-0.3, -0.25) is 0 Å². The summed E-state index contributed by atoms with van der Waals surface area (Å²) in [6, 6.07) is 2.76. The van der Waals surface area contributed by atoms with Gasteiger partial charge in [-0.15, -0.1) is 24.0 Å². The Hall–Kier alpha value is -0.830. The molecule has 2 heterocycles. The van der Waals surface area contributed by atoms with Crippen molar-refractivity contribution in [1.82, 2.24) is 20.7 Å². The molecule has 1 unspecified atom stereocenters. The Bertz CT molecular complexity index is 546. The molecule has 6 nitrogen and oxygen atoms in total. The SMILES string of the molecule is CCNC(=NCc1cc(C(C)C)no1)NCCCCN1CCCCC1C.I. The molecule has 0 radical (unpaired) electrons. The molecule has 0 amide bonds. The van der Waals surface area contributed by atoms with Crippen molar-refractivity contribution in [2.24, 2.45) is 4.99 Å². The maximum atomic E-state index is 5.36. The van der Waals surface area contributed by atoms with E-state index in [0.717, 1.165) is 43.0 Å². The van der Waals surface area contributed by atoms with Crippen molar-refractivity contribution in [2.45, 2.75) is 78.3 Å². The molecule has 0 saturated carbocycles. The van der Waals surface area contributed by atoms with Crippen LogP contribution in [0.4, 0.5) is 0 Å². The first-order valence-electron chi connectivity index (χ1n) is 10.3. The van der Waals surface area contributed by atoms with Gasteiger partial charge in [0.1, 0.15) is 6.54 Å². The molecule has 0 spiro atoms. The van der Waals surface area contributed by atoms with E-state index in [1.165, 1.54) is 38.8 Å². The number of rotatable bonds is 9. The average molecular weight is 491 g/mol. The van der Waals surface area contributed by atoms with Crippen LogP contribution in [0, 0.1) is 0 Å². The molecule has 1 saturated heterocycles. The summed E-state index contributed by atoms with van der Waals surface area (Å²) in [5, 5.41) is 10.8. The zero-order valence-electron chi connectivity index (χ0n) is 17.5. The lowest BCUT2D eigenvalue weighted by atomic mass is 10.0. The van der Waals surface area contributed by atoms with Gasteiger partial charge < -0.3 is 20.1 Å². The Morgan fingerprint density at radius 3 is 2.81 bits per heavy atom. The van der Waals surface area contributed by atoms with Gasteiger partial charge in [0.05, 0.1) is 5.69 Å². The maximum absolute atomic E-state index is 5.36. The second-order valence-electron chi connectivity index (χ2n) is 7.58. The lowest BCUT2D eigenvalue weighted by molar-refractivity contribution is 0.158. The number of likely N-dealkylation sites (tertiary alicyclic amines) is 1. The summed E-state index contributed by atoms with van der Waals surface area (Å²) < 4.78 is 5.36. The van der Waals surface area contributed by atoms with Crippen LogP contribution in [0.1, 0.15) is 77.2 Å². The van der Waals surface area contributed by atoms with Gasteiger partial charge in [-0.2, -0.15) is 0 Å². The third-order valence-corrected chi connectivity index (χ3v) is 5.01. The van der Waals surface area contributed by atoms with Crippen LogP contribution in [0.25, 0.3) is 0 Å². The Morgan fingerprint density at radius 2 is 2.15 bits per heavy atom. The van der Waals surface area contributed by atoms with Gasteiger partial charge in [-0.1, -0.05) is 25.4 Å². The van der Waals surface area contributed by atoms with Gasteiger partial charge in [0, 0.05) is 25.2 Å². The van der Waals surface area contributed by atoms with E-state index in [4.69, 9.17) is 4.52 Å². The van der Waals surface area contributed by atoms with E-state index in [2.05, 4.69) is 53.4 Å². The predicted octanol–water partition coefficient (Wildman–Crippen LogP) is 4.13. The number of hydrogen-bond acceptors (Lipinski definition) is 4. The summed E-state index contributed by atoms with van der Waals surface area (Å²) in [6.07, 6.45) is 6.51. The van der Waals surface area contributed by atoms with Crippen LogP contribution in [-0.4, -0.2) is 48.2 Å². The maximum Gasteiger partial charge on any atom is 0.191 e. The lowest BCUT2D eigenvalue weighted by Gasteiger charge is -2.33. The number of guanidine groups is 1. The Labute approximate surface area is 181 Å². The third-order valence-electron chi connectivity index (χ3n) is 5.01. The first-order valence-corrected chi connectivity index (χ1v) is 10.3. The van der Waals surface area contributed by atoms with Crippen LogP contribution in [0.5, 0.6) is 0 Å². The summed E-state index contributed by atoms with van der Waals surface area (Å²) >= 11 is 0. The molecular formula is C20H38IN5O. The van der Waals surface area contributed by atoms with Crippen molar-refractivity contribution in [2.75, 3.05) is 26.2 Å². The molecular weight excluding hydrogens is 453 g/mol. The highest BCUT2D eigenvalue weighted by Crippen LogP contribution is 2.16. The molecule has 2 N–H and O–H groups in total. The molecule has 2 rings (SSSR count). The fraction of sp³-hybridized carbons (Fsp3) is 0.800. The van der Waals surface area contributed by atoms with Crippen LogP contribution >= 0.6 is 24.0 Å². The van der Waals surface area contributed by atoms with Crippen LogP contribution in [0.3, 0.4) is 0 Å². The third kappa shape index (κ3) is 8.81. The molecule has 156 valence electrons. The van der Waals surface area contributed by atoms with E-state index in [-0.39, 0.29) is 24.0 Å². The van der Waals surface area contributed by atoms with Crippen molar-refractivity contribution in [3.05, 3.63) is 17.5 Å². The summed E-state index contributed by atoms with van der Waals surface area (Å²) in [6.45, 7) is 13.5. The van der Waals surface area contributed by atoms with Gasteiger partial charge in [0.25, 0.3) is 0 Å². The second-order valence-corrected chi connectivity index (χ2v) is 7.58. The molecule has 0 aromatic carbocycles. The minimum atomic E-state index is 0. The quantitative estimate of drug-likeness (QED) is 0.236. The van der Waals surface area contributed by atoms with E-state index < -0.39 is 0 Å². The number of hydrogen-bond donors (Lipinski definition) is 2. The zero-order valence-corrected chi connectivity index (χ0v) is 19.8. The van der Waals surface area contributed by atoms with Crippen LogP contribution < -0.4 is 10.6 Å². The molecule has 1 aromatic heterocycles. The van der Waals surface area contributed by atoms with Gasteiger partial charge in [0.2, 0.25) is 0 Å². The topological polar surface area (TPSA) is 65.7 Å². The smallest absolute Gasteiger partial charge is 0.191 e. The number of nitrogens with zero attached hydrogens (tertiary/aromatic N) is 3. The Morgan fingerprint density at radius 1 is 1.33 bits per heavy atom. The number of aromatic nitrogens is 1. The summed E-state index contributed by atoms with van der Waals surface area (Å²) in [7, 11) is 0. The van der Waals surface area contributed by atoms with E-state index in [1.807, 2.05) is 6.07 Å². The second kappa shape index (κ2) is 13.4. The Balaban J connectivity index is 0.00000364. The highest BCUT2D eigenvalue weighted by atomic mass is 127. The largest absolute Gasteiger partial charge is 0.359 e. The van der Waals surface area contributed by atoms with Crippen molar-refractivity contribution < 1.29 is 4.52 Å². The zero-order chi connectivity index (χ0) is 18.8. The fourth-order valence-electron chi connectivity index (χ4n) is 3.31. The van der Waals surface area contributed by atoms with Crippen molar-refractivity contribution in [3.63, 3.8) is 0 Å². The van der Waals surface area contributed by atoms with Gasteiger partial charge >= 0.3 is 0 Å². The van der Waals surface area contributed by atoms with E-state index in [0.29, 0.717) is 12.5 Å². The van der Waals surface area contributed by atoms with Crippen molar-refractivity contribution in [3.8, 4) is 0 Å². The number of piperidine rings is 1. The number of aliphatic imine (C=N–C) groups is 1. The molecule has 0 aliphatic carbocycles. The van der Waals surface area contributed by atoms with E-state index in [9.17, 15) is 0 Å². The highest BCUT2D eigenvalue weighted by Gasteiger charge is 2.17. The molecule has 0 bridgehead atoms. The fourth-order valence-corrected chi connectivity index (χ4v) is 3.31.